The summed E-state index contributed by atoms with van der Waals surface area (Å²) in [6.45, 7) is 6.28. The van der Waals surface area contributed by atoms with E-state index in [1.807, 2.05) is 0 Å². The Morgan fingerprint density at radius 2 is 1.88 bits per heavy atom. The summed E-state index contributed by atoms with van der Waals surface area (Å²) in [6, 6.07) is 2.48. The predicted molar refractivity (Wildman–Crippen MR) is 93.2 cm³/mol. The molecule has 3 rings (SSSR count). The zero-order valence-electron chi connectivity index (χ0n) is 14.8. The Bertz CT molecular complexity index is 528. The molecular weight excluding hydrogens is 306 g/mol. The average Bonchev–Trinajstić information content (AvgIpc) is 2.57. The standard InChI is InChI=1S/C17H29N5O2/c1-23-8-7-21-3-5-22(6-4-21)17-11-15(13-9-14(18)10-13)19-16(20-17)12-24-2/h11,13-14H,3-10,12,18H2,1-2H3. The summed E-state index contributed by atoms with van der Waals surface area (Å²) in [5.74, 6) is 2.27. The number of rotatable bonds is 7. The fourth-order valence-electron chi connectivity index (χ4n) is 3.39. The van der Waals surface area contributed by atoms with Crippen LogP contribution in [-0.4, -0.2) is 74.5 Å². The lowest BCUT2D eigenvalue weighted by Crippen LogP contribution is -2.47. The van der Waals surface area contributed by atoms with E-state index in [9.17, 15) is 0 Å². The van der Waals surface area contributed by atoms with Crippen LogP contribution in [0.15, 0.2) is 6.07 Å². The van der Waals surface area contributed by atoms with E-state index in [-0.39, 0.29) is 0 Å². The zero-order valence-corrected chi connectivity index (χ0v) is 14.8. The summed E-state index contributed by atoms with van der Waals surface area (Å²) in [5.41, 5.74) is 7.07. The molecule has 2 N–H and O–H groups in total. The molecular formula is C17H29N5O2. The molecule has 0 radical (unpaired) electrons. The van der Waals surface area contributed by atoms with Crippen molar-refractivity contribution >= 4 is 5.82 Å². The van der Waals surface area contributed by atoms with Crippen molar-refractivity contribution in [3.8, 4) is 0 Å². The lowest BCUT2D eigenvalue weighted by atomic mass is 9.78. The molecule has 0 amide bonds. The van der Waals surface area contributed by atoms with E-state index in [2.05, 4.69) is 20.9 Å². The van der Waals surface area contributed by atoms with E-state index >= 15 is 0 Å². The Kier molecular flexibility index (Phi) is 5.99. The van der Waals surface area contributed by atoms with E-state index in [4.69, 9.17) is 20.2 Å². The van der Waals surface area contributed by atoms with Gasteiger partial charge in [0, 0.05) is 70.7 Å². The van der Waals surface area contributed by atoms with Gasteiger partial charge in [-0.3, -0.25) is 4.90 Å². The molecule has 7 heteroatoms. The number of ether oxygens (including phenoxy) is 2. The van der Waals surface area contributed by atoms with E-state index in [1.165, 1.54) is 0 Å². The Labute approximate surface area is 144 Å². The molecule has 0 bridgehead atoms. The van der Waals surface area contributed by atoms with Gasteiger partial charge < -0.3 is 20.1 Å². The lowest BCUT2D eigenvalue weighted by Gasteiger charge is -2.36. The molecule has 7 nitrogen and oxygen atoms in total. The van der Waals surface area contributed by atoms with Crippen LogP contribution in [0.4, 0.5) is 5.82 Å². The van der Waals surface area contributed by atoms with Crippen LogP contribution in [0, 0.1) is 0 Å². The van der Waals surface area contributed by atoms with Crippen molar-refractivity contribution in [1.82, 2.24) is 14.9 Å². The molecule has 2 heterocycles. The van der Waals surface area contributed by atoms with Gasteiger partial charge in [0.25, 0.3) is 0 Å². The van der Waals surface area contributed by atoms with Gasteiger partial charge in [-0.25, -0.2) is 9.97 Å². The number of nitrogens with zero attached hydrogens (tertiary/aromatic N) is 4. The van der Waals surface area contributed by atoms with Crippen molar-refractivity contribution in [1.29, 1.82) is 0 Å². The van der Waals surface area contributed by atoms with Crippen LogP contribution in [-0.2, 0) is 16.1 Å². The van der Waals surface area contributed by atoms with Crippen molar-refractivity contribution in [2.45, 2.75) is 31.4 Å². The van der Waals surface area contributed by atoms with Crippen molar-refractivity contribution in [2.75, 3.05) is 58.5 Å². The van der Waals surface area contributed by atoms with Gasteiger partial charge in [0.15, 0.2) is 5.82 Å². The molecule has 0 unspecified atom stereocenters. The fourth-order valence-corrected chi connectivity index (χ4v) is 3.39. The Hall–Kier alpha value is -1.28. The van der Waals surface area contributed by atoms with Gasteiger partial charge in [-0.1, -0.05) is 0 Å². The molecule has 0 atom stereocenters. The van der Waals surface area contributed by atoms with Gasteiger partial charge in [0.05, 0.1) is 6.61 Å². The minimum absolute atomic E-state index is 0.323. The van der Waals surface area contributed by atoms with Gasteiger partial charge in [0.1, 0.15) is 12.4 Å². The largest absolute Gasteiger partial charge is 0.383 e. The van der Waals surface area contributed by atoms with Crippen LogP contribution in [0.1, 0.15) is 30.3 Å². The SMILES string of the molecule is COCCN1CCN(c2cc(C3CC(N)C3)nc(COC)n2)CC1. The number of nitrogens with two attached hydrogens (primary N) is 1. The third-order valence-electron chi connectivity index (χ3n) is 4.95. The third-order valence-corrected chi connectivity index (χ3v) is 4.95. The number of methoxy groups -OCH3 is 2. The number of anilines is 1. The summed E-state index contributed by atoms with van der Waals surface area (Å²) in [5, 5.41) is 0. The number of piperazine rings is 1. The Morgan fingerprint density at radius 1 is 1.12 bits per heavy atom. The summed E-state index contributed by atoms with van der Waals surface area (Å²) < 4.78 is 10.4. The van der Waals surface area contributed by atoms with Gasteiger partial charge in [-0.05, 0) is 12.8 Å². The second-order valence-corrected chi connectivity index (χ2v) is 6.75. The highest BCUT2D eigenvalue weighted by molar-refractivity contribution is 5.42. The normalized spacial score (nSPS) is 24.9. The minimum atomic E-state index is 0.323. The molecule has 1 aromatic heterocycles. The smallest absolute Gasteiger partial charge is 0.156 e. The molecule has 1 aromatic rings. The lowest BCUT2D eigenvalue weighted by molar-refractivity contribution is 0.144. The highest BCUT2D eigenvalue weighted by atomic mass is 16.5. The van der Waals surface area contributed by atoms with Gasteiger partial charge in [-0.15, -0.1) is 0 Å². The maximum atomic E-state index is 5.94. The van der Waals surface area contributed by atoms with E-state index in [1.54, 1.807) is 14.2 Å². The second kappa shape index (κ2) is 8.20. The summed E-state index contributed by atoms with van der Waals surface area (Å²) in [7, 11) is 3.44. The van der Waals surface area contributed by atoms with Gasteiger partial charge in [-0.2, -0.15) is 0 Å². The number of aromatic nitrogens is 2. The average molecular weight is 335 g/mol. The molecule has 24 heavy (non-hydrogen) atoms. The first-order valence-electron chi connectivity index (χ1n) is 8.78. The quantitative estimate of drug-likeness (QED) is 0.782. The molecule has 134 valence electrons. The topological polar surface area (TPSA) is 76.7 Å². The number of hydrogen-bond acceptors (Lipinski definition) is 7. The third kappa shape index (κ3) is 4.22. The zero-order chi connectivity index (χ0) is 16.9. The monoisotopic (exact) mass is 335 g/mol. The van der Waals surface area contributed by atoms with Gasteiger partial charge >= 0.3 is 0 Å². The molecule has 1 aliphatic heterocycles. The maximum absolute atomic E-state index is 5.94. The molecule has 2 aliphatic rings. The van der Waals surface area contributed by atoms with Crippen molar-refractivity contribution in [2.24, 2.45) is 5.73 Å². The van der Waals surface area contributed by atoms with Crippen LogP contribution in [0.25, 0.3) is 0 Å². The van der Waals surface area contributed by atoms with E-state index in [0.717, 1.165) is 69.5 Å². The van der Waals surface area contributed by atoms with Crippen LogP contribution >= 0.6 is 0 Å². The van der Waals surface area contributed by atoms with E-state index in [0.29, 0.717) is 18.6 Å². The summed E-state index contributed by atoms with van der Waals surface area (Å²) >= 11 is 0. The summed E-state index contributed by atoms with van der Waals surface area (Å²) in [6.07, 6.45) is 2.04. The van der Waals surface area contributed by atoms with Crippen LogP contribution in [0.5, 0.6) is 0 Å². The molecule has 1 saturated heterocycles. The van der Waals surface area contributed by atoms with Crippen LogP contribution in [0.3, 0.4) is 0 Å². The molecule has 2 fully saturated rings. The molecule has 0 spiro atoms. The summed E-state index contributed by atoms with van der Waals surface area (Å²) in [4.78, 5) is 14.2. The Balaban J connectivity index is 1.68. The van der Waals surface area contributed by atoms with Crippen LogP contribution in [0.2, 0.25) is 0 Å². The van der Waals surface area contributed by atoms with Gasteiger partial charge in [0.2, 0.25) is 0 Å². The predicted octanol–water partition coefficient (Wildman–Crippen LogP) is 0.596. The van der Waals surface area contributed by atoms with Crippen molar-refractivity contribution in [3.05, 3.63) is 17.6 Å². The molecule has 1 saturated carbocycles. The maximum Gasteiger partial charge on any atom is 0.156 e. The first kappa shape index (κ1) is 17.5. The van der Waals surface area contributed by atoms with Crippen molar-refractivity contribution < 1.29 is 9.47 Å². The van der Waals surface area contributed by atoms with Crippen molar-refractivity contribution in [3.63, 3.8) is 0 Å². The second-order valence-electron chi connectivity index (χ2n) is 6.75. The first-order valence-corrected chi connectivity index (χ1v) is 8.78. The fraction of sp³-hybridized carbons (Fsp3) is 0.765. The highest BCUT2D eigenvalue weighted by Crippen LogP contribution is 2.35. The van der Waals surface area contributed by atoms with E-state index < -0.39 is 0 Å². The van der Waals surface area contributed by atoms with Crippen LogP contribution < -0.4 is 10.6 Å². The molecule has 0 aromatic carbocycles. The highest BCUT2D eigenvalue weighted by Gasteiger charge is 2.30. The minimum Gasteiger partial charge on any atom is -0.383 e. The number of hydrogen-bond donors (Lipinski definition) is 1. The first-order chi connectivity index (χ1) is 11.7. The molecule has 1 aliphatic carbocycles. The Morgan fingerprint density at radius 3 is 2.50 bits per heavy atom.